The summed E-state index contributed by atoms with van der Waals surface area (Å²) in [5.41, 5.74) is 0.900. The molecular formula is C15H17NO4. The normalized spacial score (nSPS) is 27.6. The molecule has 2 fully saturated rings. The summed E-state index contributed by atoms with van der Waals surface area (Å²) in [5.74, 6) is -0.837. The molecule has 5 nitrogen and oxygen atoms in total. The number of carbonyl (C=O) groups is 2. The van der Waals surface area contributed by atoms with Gasteiger partial charge in [0.2, 0.25) is 0 Å². The number of carboxylic acids is 1. The number of aliphatic carboxylic acids is 1. The summed E-state index contributed by atoms with van der Waals surface area (Å²) in [7, 11) is 0. The topological polar surface area (TPSA) is 66.8 Å². The molecule has 0 unspecified atom stereocenters. The standard InChI is InChI=1S/C15H17NO4/c17-14(18)13-11-6-7-12(8-11)16(13)15(19)20-9-10-4-2-1-3-5-10/h1-5,11-13H,6-9H2,(H,17,18)/t11-,12-,13-/m0/s1. The molecule has 0 aromatic heterocycles. The Balaban J connectivity index is 1.66. The van der Waals surface area contributed by atoms with Crippen LogP contribution in [0.15, 0.2) is 30.3 Å². The van der Waals surface area contributed by atoms with E-state index < -0.39 is 18.1 Å². The van der Waals surface area contributed by atoms with Gasteiger partial charge in [-0.2, -0.15) is 0 Å². The quantitative estimate of drug-likeness (QED) is 0.918. The van der Waals surface area contributed by atoms with Crippen LogP contribution in [0.4, 0.5) is 4.79 Å². The molecule has 1 heterocycles. The maximum Gasteiger partial charge on any atom is 0.411 e. The van der Waals surface area contributed by atoms with Crippen molar-refractivity contribution < 1.29 is 19.4 Å². The smallest absolute Gasteiger partial charge is 0.411 e. The lowest BCUT2D eigenvalue weighted by atomic mass is 9.99. The fourth-order valence-corrected chi connectivity index (χ4v) is 3.36. The van der Waals surface area contributed by atoms with Crippen LogP contribution in [0.1, 0.15) is 24.8 Å². The van der Waals surface area contributed by atoms with Crippen molar-refractivity contribution in [3.63, 3.8) is 0 Å². The van der Waals surface area contributed by atoms with E-state index in [9.17, 15) is 14.7 Å². The van der Waals surface area contributed by atoms with Crippen molar-refractivity contribution in [3.8, 4) is 0 Å². The zero-order chi connectivity index (χ0) is 14.1. The molecule has 1 N–H and O–H groups in total. The molecule has 1 aromatic rings. The predicted molar refractivity (Wildman–Crippen MR) is 71.0 cm³/mol. The van der Waals surface area contributed by atoms with E-state index in [1.165, 1.54) is 4.90 Å². The predicted octanol–water partition coefficient (Wildman–Crippen LogP) is 2.26. The number of amides is 1. The van der Waals surface area contributed by atoms with Gasteiger partial charge < -0.3 is 9.84 Å². The lowest BCUT2D eigenvalue weighted by Gasteiger charge is -2.31. The van der Waals surface area contributed by atoms with Gasteiger partial charge in [0, 0.05) is 6.04 Å². The zero-order valence-corrected chi connectivity index (χ0v) is 11.1. The third-order valence-corrected chi connectivity index (χ3v) is 4.25. The number of fused-ring (bicyclic) bond motifs is 2. The molecule has 0 radical (unpaired) electrons. The van der Waals surface area contributed by atoms with Crippen LogP contribution in [0, 0.1) is 5.92 Å². The fraction of sp³-hybridized carbons (Fsp3) is 0.467. The van der Waals surface area contributed by atoms with E-state index in [1.54, 1.807) is 0 Å². The van der Waals surface area contributed by atoms with E-state index in [-0.39, 0.29) is 18.6 Å². The van der Waals surface area contributed by atoms with E-state index >= 15 is 0 Å². The van der Waals surface area contributed by atoms with Crippen molar-refractivity contribution in [2.75, 3.05) is 0 Å². The Bertz CT molecular complexity index is 516. The molecule has 2 bridgehead atoms. The first kappa shape index (κ1) is 13.0. The van der Waals surface area contributed by atoms with Crippen LogP contribution in [0.3, 0.4) is 0 Å². The summed E-state index contributed by atoms with van der Waals surface area (Å²) in [6, 6.07) is 8.71. The number of nitrogens with zero attached hydrogens (tertiary/aromatic N) is 1. The Kier molecular flexibility index (Phi) is 3.34. The highest BCUT2D eigenvalue weighted by atomic mass is 16.6. The van der Waals surface area contributed by atoms with Crippen LogP contribution >= 0.6 is 0 Å². The van der Waals surface area contributed by atoms with Gasteiger partial charge in [-0.05, 0) is 30.7 Å². The lowest BCUT2D eigenvalue weighted by molar-refractivity contribution is -0.144. The van der Waals surface area contributed by atoms with Gasteiger partial charge in [-0.1, -0.05) is 30.3 Å². The molecular weight excluding hydrogens is 258 g/mol. The molecule has 1 aliphatic heterocycles. The molecule has 3 rings (SSSR count). The minimum absolute atomic E-state index is 0.0318. The summed E-state index contributed by atoms with van der Waals surface area (Å²) in [6.45, 7) is 0.180. The highest BCUT2D eigenvalue weighted by Gasteiger charge is 2.52. The third kappa shape index (κ3) is 2.24. The molecule has 20 heavy (non-hydrogen) atoms. The number of rotatable bonds is 3. The Labute approximate surface area is 117 Å². The minimum atomic E-state index is -0.922. The van der Waals surface area contributed by atoms with Gasteiger partial charge in [0.1, 0.15) is 12.6 Å². The summed E-state index contributed by atoms with van der Waals surface area (Å²) in [4.78, 5) is 24.9. The summed E-state index contributed by atoms with van der Waals surface area (Å²) >= 11 is 0. The molecule has 1 amide bonds. The molecule has 106 valence electrons. The maximum absolute atomic E-state index is 12.2. The first-order chi connectivity index (χ1) is 9.66. The lowest BCUT2D eigenvalue weighted by Crippen LogP contribution is -2.49. The number of ether oxygens (including phenoxy) is 1. The largest absolute Gasteiger partial charge is 0.480 e. The van der Waals surface area contributed by atoms with Crippen molar-refractivity contribution in [2.45, 2.75) is 38.0 Å². The monoisotopic (exact) mass is 275 g/mol. The number of hydrogen-bond acceptors (Lipinski definition) is 3. The van der Waals surface area contributed by atoms with Crippen LogP contribution in [-0.4, -0.2) is 34.2 Å². The Hall–Kier alpha value is -2.04. The zero-order valence-electron chi connectivity index (χ0n) is 11.1. The van der Waals surface area contributed by atoms with Crippen molar-refractivity contribution in [3.05, 3.63) is 35.9 Å². The fourth-order valence-electron chi connectivity index (χ4n) is 3.36. The van der Waals surface area contributed by atoms with Gasteiger partial charge >= 0.3 is 12.1 Å². The molecule has 1 saturated heterocycles. The first-order valence-corrected chi connectivity index (χ1v) is 6.88. The molecule has 5 heteroatoms. The summed E-state index contributed by atoms with van der Waals surface area (Å²) < 4.78 is 5.27. The molecule has 1 saturated carbocycles. The van der Waals surface area contributed by atoms with Crippen LogP contribution in [0.5, 0.6) is 0 Å². The minimum Gasteiger partial charge on any atom is -0.480 e. The van der Waals surface area contributed by atoms with Gasteiger partial charge in [0.05, 0.1) is 0 Å². The second-order valence-electron chi connectivity index (χ2n) is 5.46. The Morgan fingerprint density at radius 1 is 1.25 bits per heavy atom. The van der Waals surface area contributed by atoms with Gasteiger partial charge in [-0.3, -0.25) is 4.90 Å². The second kappa shape index (κ2) is 5.15. The van der Waals surface area contributed by atoms with Crippen molar-refractivity contribution in [2.24, 2.45) is 5.92 Å². The third-order valence-electron chi connectivity index (χ3n) is 4.25. The molecule has 0 spiro atoms. The number of carboxylic acid groups (broad SMARTS) is 1. The van der Waals surface area contributed by atoms with Crippen LogP contribution < -0.4 is 0 Å². The molecule has 1 aromatic carbocycles. The number of piperidine rings is 1. The SMILES string of the molecule is O=C(O)[C@@H]1[C@H]2CC[C@@H](C2)N1C(=O)OCc1ccccc1. The Morgan fingerprint density at radius 2 is 2.00 bits per heavy atom. The number of likely N-dealkylation sites (tertiary alicyclic amines) is 1. The van der Waals surface area contributed by atoms with Gasteiger partial charge in [-0.25, -0.2) is 9.59 Å². The van der Waals surface area contributed by atoms with Crippen molar-refractivity contribution in [1.29, 1.82) is 0 Å². The Morgan fingerprint density at radius 3 is 2.70 bits per heavy atom. The van der Waals surface area contributed by atoms with Crippen LogP contribution in [-0.2, 0) is 16.1 Å². The highest BCUT2D eigenvalue weighted by molar-refractivity contribution is 5.81. The number of benzene rings is 1. The van der Waals surface area contributed by atoms with Crippen LogP contribution in [0.2, 0.25) is 0 Å². The average molecular weight is 275 g/mol. The van der Waals surface area contributed by atoms with Crippen LogP contribution in [0.25, 0.3) is 0 Å². The molecule has 2 aliphatic rings. The van der Waals surface area contributed by atoms with E-state index in [0.717, 1.165) is 24.8 Å². The van der Waals surface area contributed by atoms with Gasteiger partial charge in [0.15, 0.2) is 0 Å². The molecule has 1 aliphatic carbocycles. The van der Waals surface area contributed by atoms with Gasteiger partial charge in [-0.15, -0.1) is 0 Å². The van der Waals surface area contributed by atoms with E-state index in [1.807, 2.05) is 30.3 Å². The van der Waals surface area contributed by atoms with E-state index in [2.05, 4.69) is 0 Å². The maximum atomic E-state index is 12.2. The van der Waals surface area contributed by atoms with E-state index in [0.29, 0.717) is 0 Å². The van der Waals surface area contributed by atoms with Gasteiger partial charge in [0.25, 0.3) is 0 Å². The van der Waals surface area contributed by atoms with E-state index in [4.69, 9.17) is 4.74 Å². The second-order valence-corrected chi connectivity index (χ2v) is 5.46. The average Bonchev–Trinajstić information content (AvgIpc) is 3.06. The number of carbonyl (C=O) groups excluding carboxylic acids is 1. The number of hydrogen-bond donors (Lipinski definition) is 1. The summed E-state index contributed by atoms with van der Waals surface area (Å²) in [6.07, 6.45) is 2.06. The highest BCUT2D eigenvalue weighted by Crippen LogP contribution is 2.42. The van der Waals surface area contributed by atoms with Crippen molar-refractivity contribution >= 4 is 12.1 Å². The summed E-state index contributed by atoms with van der Waals surface area (Å²) in [5, 5.41) is 9.29. The molecule has 3 atom stereocenters. The van der Waals surface area contributed by atoms with Crippen molar-refractivity contribution in [1.82, 2.24) is 4.90 Å². The first-order valence-electron chi connectivity index (χ1n) is 6.88.